The van der Waals surface area contributed by atoms with E-state index in [4.69, 9.17) is 23.2 Å². The first-order chi connectivity index (χ1) is 7.95. The molecule has 1 aromatic rings. The molecule has 0 radical (unpaired) electrons. The minimum atomic E-state index is -0.626. The lowest BCUT2D eigenvalue weighted by molar-refractivity contribution is -0.384. The van der Waals surface area contributed by atoms with E-state index in [-0.39, 0.29) is 28.0 Å². The number of nitro benzene ring substituents is 1. The molecule has 92 valence electrons. The minimum absolute atomic E-state index is 0.00588. The molecule has 0 aromatic heterocycles. The van der Waals surface area contributed by atoms with E-state index in [0.29, 0.717) is 0 Å². The van der Waals surface area contributed by atoms with Gasteiger partial charge in [0.25, 0.3) is 5.69 Å². The van der Waals surface area contributed by atoms with Crippen molar-refractivity contribution in [2.75, 3.05) is 19.0 Å². The number of carbonyl (C=O) groups excluding carboxylic acids is 1. The predicted molar refractivity (Wildman–Crippen MR) is 63.6 cm³/mol. The molecule has 6 nitrogen and oxygen atoms in total. The number of halogens is 2. The molecule has 0 saturated carbocycles. The number of non-ortho nitro benzene ring substituents is 1. The number of anilines is 1. The summed E-state index contributed by atoms with van der Waals surface area (Å²) in [5, 5.41) is 12.9. The molecule has 0 heterocycles. The number of methoxy groups -OCH3 is 1. The van der Waals surface area contributed by atoms with Crippen molar-refractivity contribution in [3.05, 3.63) is 32.3 Å². The van der Waals surface area contributed by atoms with Gasteiger partial charge in [0.2, 0.25) is 5.91 Å². The van der Waals surface area contributed by atoms with Crippen LogP contribution < -0.4 is 5.32 Å². The molecular weight excluding hydrogens is 271 g/mol. The van der Waals surface area contributed by atoms with Gasteiger partial charge in [-0.05, 0) is 0 Å². The summed E-state index contributed by atoms with van der Waals surface area (Å²) in [6.45, 7) is -0.163. The molecule has 0 bridgehead atoms. The van der Waals surface area contributed by atoms with Gasteiger partial charge in [0, 0.05) is 19.2 Å². The molecule has 0 unspecified atom stereocenters. The highest BCUT2D eigenvalue weighted by Gasteiger charge is 2.16. The number of rotatable bonds is 4. The molecule has 1 N–H and O–H groups in total. The Kier molecular flexibility index (Phi) is 4.68. The number of nitrogens with one attached hydrogen (secondary N) is 1. The summed E-state index contributed by atoms with van der Waals surface area (Å²) < 4.78 is 4.61. The maximum Gasteiger partial charge on any atom is 0.272 e. The number of nitrogens with zero attached hydrogens (tertiary/aromatic N) is 1. The Hall–Kier alpha value is -1.37. The standard InChI is InChI=1S/C9H8Cl2N2O4/c1-17-4-8(14)12-9-6(10)2-5(13(15)16)3-7(9)11/h2-3H,4H2,1H3,(H,12,14). The number of carbonyl (C=O) groups is 1. The molecule has 0 atom stereocenters. The molecule has 8 heteroatoms. The van der Waals surface area contributed by atoms with E-state index in [1.165, 1.54) is 7.11 Å². The number of ether oxygens (including phenoxy) is 1. The van der Waals surface area contributed by atoms with E-state index >= 15 is 0 Å². The highest BCUT2D eigenvalue weighted by Crippen LogP contribution is 2.34. The monoisotopic (exact) mass is 278 g/mol. The fourth-order valence-electron chi connectivity index (χ4n) is 1.09. The van der Waals surface area contributed by atoms with E-state index in [9.17, 15) is 14.9 Å². The third-order valence-electron chi connectivity index (χ3n) is 1.78. The van der Waals surface area contributed by atoms with Gasteiger partial charge in [-0.3, -0.25) is 14.9 Å². The number of hydrogen-bond donors (Lipinski definition) is 1. The van der Waals surface area contributed by atoms with Crippen LogP contribution in [0.1, 0.15) is 0 Å². The molecule has 0 aliphatic heterocycles. The van der Waals surface area contributed by atoms with Crippen LogP contribution in [0, 0.1) is 10.1 Å². The van der Waals surface area contributed by atoms with Crippen molar-refractivity contribution in [1.29, 1.82) is 0 Å². The van der Waals surface area contributed by atoms with Crippen LogP contribution in [-0.4, -0.2) is 24.5 Å². The summed E-state index contributed by atoms with van der Waals surface area (Å²) in [5.41, 5.74) is -0.120. The van der Waals surface area contributed by atoms with Crippen LogP contribution in [0.4, 0.5) is 11.4 Å². The number of benzene rings is 1. The normalized spacial score (nSPS) is 10.1. The van der Waals surface area contributed by atoms with Gasteiger partial charge < -0.3 is 10.1 Å². The number of hydrogen-bond acceptors (Lipinski definition) is 4. The summed E-state index contributed by atoms with van der Waals surface area (Å²) >= 11 is 11.6. The quantitative estimate of drug-likeness (QED) is 0.678. The first-order valence-corrected chi connectivity index (χ1v) is 5.13. The van der Waals surface area contributed by atoms with Gasteiger partial charge in [-0.2, -0.15) is 0 Å². The second-order valence-corrected chi connectivity index (χ2v) is 3.84. The van der Waals surface area contributed by atoms with Crippen LogP contribution in [0.3, 0.4) is 0 Å². The Bertz CT molecular complexity index is 441. The largest absolute Gasteiger partial charge is 0.375 e. The van der Waals surface area contributed by atoms with Crippen LogP contribution in [0.2, 0.25) is 10.0 Å². The Morgan fingerprint density at radius 3 is 2.41 bits per heavy atom. The first-order valence-electron chi connectivity index (χ1n) is 4.38. The molecule has 1 aromatic carbocycles. The van der Waals surface area contributed by atoms with Crippen molar-refractivity contribution in [2.24, 2.45) is 0 Å². The number of nitro groups is 1. The van der Waals surface area contributed by atoms with Crippen molar-refractivity contribution in [3.8, 4) is 0 Å². The highest BCUT2D eigenvalue weighted by molar-refractivity contribution is 6.40. The zero-order valence-electron chi connectivity index (χ0n) is 8.70. The molecule has 0 aliphatic rings. The molecule has 0 fully saturated rings. The van der Waals surface area contributed by atoms with Crippen LogP contribution in [0.15, 0.2) is 12.1 Å². The van der Waals surface area contributed by atoms with Gasteiger partial charge in [0.05, 0.1) is 20.7 Å². The number of amides is 1. The van der Waals surface area contributed by atoms with Crippen molar-refractivity contribution >= 4 is 40.5 Å². The third kappa shape index (κ3) is 3.55. The fourth-order valence-corrected chi connectivity index (χ4v) is 1.66. The lowest BCUT2D eigenvalue weighted by Crippen LogP contribution is -2.17. The molecule has 1 rings (SSSR count). The van der Waals surface area contributed by atoms with E-state index in [0.717, 1.165) is 12.1 Å². The second-order valence-electron chi connectivity index (χ2n) is 3.02. The fraction of sp³-hybridized carbons (Fsp3) is 0.222. The van der Waals surface area contributed by atoms with Gasteiger partial charge in [-0.15, -0.1) is 0 Å². The van der Waals surface area contributed by atoms with Crippen LogP contribution >= 0.6 is 23.2 Å². The Balaban J connectivity index is 3.01. The Morgan fingerprint density at radius 2 is 2.00 bits per heavy atom. The molecular formula is C9H8Cl2N2O4. The maximum atomic E-state index is 11.2. The summed E-state index contributed by atoms with van der Waals surface area (Å²) in [6, 6.07) is 2.21. The molecule has 0 aliphatic carbocycles. The van der Waals surface area contributed by atoms with E-state index < -0.39 is 10.8 Å². The molecule has 0 spiro atoms. The first kappa shape index (κ1) is 13.7. The zero-order valence-corrected chi connectivity index (χ0v) is 10.2. The van der Waals surface area contributed by atoms with E-state index in [1.54, 1.807) is 0 Å². The van der Waals surface area contributed by atoms with Crippen LogP contribution in [0.25, 0.3) is 0 Å². The lowest BCUT2D eigenvalue weighted by atomic mass is 10.2. The van der Waals surface area contributed by atoms with Gasteiger partial charge in [0.15, 0.2) is 0 Å². The lowest BCUT2D eigenvalue weighted by Gasteiger charge is -2.08. The van der Waals surface area contributed by atoms with Crippen molar-refractivity contribution in [1.82, 2.24) is 0 Å². The average Bonchev–Trinajstić information content (AvgIpc) is 2.23. The second kappa shape index (κ2) is 5.81. The van der Waals surface area contributed by atoms with Gasteiger partial charge >= 0.3 is 0 Å². The van der Waals surface area contributed by atoms with E-state index in [1.807, 2.05) is 0 Å². The van der Waals surface area contributed by atoms with Crippen molar-refractivity contribution in [3.63, 3.8) is 0 Å². The molecule has 17 heavy (non-hydrogen) atoms. The smallest absolute Gasteiger partial charge is 0.272 e. The minimum Gasteiger partial charge on any atom is -0.375 e. The highest BCUT2D eigenvalue weighted by atomic mass is 35.5. The zero-order chi connectivity index (χ0) is 13.0. The summed E-state index contributed by atoms with van der Waals surface area (Å²) in [6.07, 6.45) is 0. The molecule has 1 amide bonds. The van der Waals surface area contributed by atoms with Crippen LogP contribution in [0.5, 0.6) is 0 Å². The molecule has 0 saturated heterocycles. The van der Waals surface area contributed by atoms with E-state index in [2.05, 4.69) is 10.1 Å². The average molecular weight is 279 g/mol. The van der Waals surface area contributed by atoms with Gasteiger partial charge in [-0.25, -0.2) is 0 Å². The van der Waals surface area contributed by atoms with Gasteiger partial charge in [0.1, 0.15) is 6.61 Å². The summed E-state index contributed by atoms with van der Waals surface area (Å²) in [7, 11) is 1.36. The van der Waals surface area contributed by atoms with Crippen LogP contribution in [-0.2, 0) is 9.53 Å². The van der Waals surface area contributed by atoms with Crippen molar-refractivity contribution in [2.45, 2.75) is 0 Å². The topological polar surface area (TPSA) is 81.5 Å². The predicted octanol–water partition coefficient (Wildman–Crippen LogP) is 2.49. The Morgan fingerprint density at radius 1 is 1.47 bits per heavy atom. The van der Waals surface area contributed by atoms with Gasteiger partial charge in [-0.1, -0.05) is 23.2 Å². The maximum absolute atomic E-state index is 11.2. The Labute approximate surface area is 107 Å². The third-order valence-corrected chi connectivity index (χ3v) is 2.37. The SMILES string of the molecule is COCC(=O)Nc1c(Cl)cc([N+](=O)[O-])cc1Cl. The van der Waals surface area contributed by atoms with Crippen molar-refractivity contribution < 1.29 is 14.5 Å². The summed E-state index contributed by atoms with van der Waals surface area (Å²) in [5.74, 6) is -0.454. The summed E-state index contributed by atoms with van der Waals surface area (Å²) in [4.78, 5) is 21.1.